The highest BCUT2D eigenvalue weighted by atomic mass is 16.2. The lowest BCUT2D eigenvalue weighted by Crippen LogP contribution is -2.50. The van der Waals surface area contributed by atoms with Crippen LogP contribution < -0.4 is 16.5 Å². The number of carbonyl (C=O) groups excluding carboxylic acids is 1. The number of nitrogens with one attached hydrogen (secondary N) is 2. The van der Waals surface area contributed by atoms with Gasteiger partial charge in [0, 0.05) is 24.6 Å². The second-order valence-corrected chi connectivity index (χ2v) is 8.74. The second kappa shape index (κ2) is 6.54. The van der Waals surface area contributed by atoms with Crippen molar-refractivity contribution in [2.45, 2.75) is 57.2 Å². The van der Waals surface area contributed by atoms with Gasteiger partial charge in [0.1, 0.15) is 0 Å². The van der Waals surface area contributed by atoms with Gasteiger partial charge in [0.15, 0.2) is 0 Å². The van der Waals surface area contributed by atoms with Gasteiger partial charge in [-0.1, -0.05) is 23.3 Å². The summed E-state index contributed by atoms with van der Waals surface area (Å²) in [5.74, 6) is 8.45. The molecule has 2 saturated carbocycles. The monoisotopic (exact) mass is 354 g/mol. The number of rotatable bonds is 3. The van der Waals surface area contributed by atoms with Gasteiger partial charge >= 0.3 is 0 Å². The molecule has 5 aliphatic rings. The molecular weight excluding hydrogens is 324 g/mol. The van der Waals surface area contributed by atoms with Crippen LogP contribution in [0, 0.1) is 23.7 Å². The summed E-state index contributed by atoms with van der Waals surface area (Å²) in [5.41, 5.74) is 3.19. The highest BCUT2D eigenvalue weighted by Crippen LogP contribution is 2.45. The predicted octanol–water partition coefficient (Wildman–Crippen LogP) is 2.19. The molecule has 5 unspecified atom stereocenters. The van der Waals surface area contributed by atoms with Crippen LogP contribution in [0.1, 0.15) is 44.9 Å². The predicted molar refractivity (Wildman–Crippen MR) is 101 cm³/mol. The minimum Gasteiger partial charge on any atom is -0.337 e. The maximum absolute atomic E-state index is 12.0. The van der Waals surface area contributed by atoms with Crippen LogP contribution in [0.15, 0.2) is 35.6 Å². The average Bonchev–Trinajstić information content (AvgIpc) is 3.45. The summed E-state index contributed by atoms with van der Waals surface area (Å²) < 4.78 is 0. The van der Waals surface area contributed by atoms with Crippen molar-refractivity contribution in [3.8, 4) is 0 Å². The van der Waals surface area contributed by atoms with E-state index in [1.807, 2.05) is 5.01 Å². The van der Waals surface area contributed by atoms with Gasteiger partial charge in [-0.15, -0.1) is 0 Å². The molecule has 5 heteroatoms. The van der Waals surface area contributed by atoms with Gasteiger partial charge < -0.3 is 10.3 Å². The Hall–Kier alpha value is -1.59. The lowest BCUT2D eigenvalue weighted by Gasteiger charge is -2.41. The van der Waals surface area contributed by atoms with Gasteiger partial charge in [0.05, 0.1) is 12.2 Å². The van der Waals surface area contributed by atoms with Crippen LogP contribution in [0.4, 0.5) is 0 Å². The number of hydrogen-bond donors (Lipinski definition) is 3. The van der Waals surface area contributed by atoms with Crippen molar-refractivity contribution in [3.05, 3.63) is 35.6 Å². The van der Waals surface area contributed by atoms with Gasteiger partial charge in [-0.3, -0.25) is 10.1 Å². The van der Waals surface area contributed by atoms with Crippen LogP contribution in [-0.4, -0.2) is 29.7 Å². The van der Waals surface area contributed by atoms with Crippen LogP contribution >= 0.6 is 0 Å². The number of amides is 1. The number of fused-ring (bicyclic) bond motifs is 2. The molecule has 3 aliphatic carbocycles. The largest absolute Gasteiger partial charge is 0.337 e. The Morgan fingerprint density at radius 2 is 2.12 bits per heavy atom. The molecule has 0 aromatic rings. The molecule has 26 heavy (non-hydrogen) atoms. The highest BCUT2D eigenvalue weighted by Gasteiger charge is 2.39. The Labute approximate surface area is 155 Å². The number of nitrogens with zero attached hydrogens (tertiary/aromatic N) is 1. The van der Waals surface area contributed by atoms with Crippen molar-refractivity contribution in [2.24, 2.45) is 29.5 Å². The summed E-state index contributed by atoms with van der Waals surface area (Å²) in [4.78, 5) is 12.0. The first-order valence-corrected chi connectivity index (χ1v) is 10.3. The van der Waals surface area contributed by atoms with Crippen molar-refractivity contribution in [3.63, 3.8) is 0 Å². The van der Waals surface area contributed by atoms with E-state index in [9.17, 15) is 4.79 Å². The second-order valence-electron chi connectivity index (χ2n) is 8.74. The van der Waals surface area contributed by atoms with Crippen molar-refractivity contribution < 1.29 is 4.79 Å². The molecule has 1 amide bonds. The maximum Gasteiger partial charge on any atom is 0.224 e. The van der Waals surface area contributed by atoms with Crippen molar-refractivity contribution in [2.75, 3.05) is 6.54 Å². The molecule has 5 rings (SSSR count). The number of nitrogens with two attached hydrogens (primary N) is 1. The standard InChI is InChI=1S/C21H30N4O/c22-25-9-8-18-17(2-1-3-19(18)25)15-7-6-14-11-20(23-12-16(14)10-15)24-21(26)13-4-5-13/h2,8-9,11,13,15-16,18-20,23H,1,3-7,10,12,22H2,(H,24,26). The summed E-state index contributed by atoms with van der Waals surface area (Å²) in [5, 5.41) is 8.61. The molecular formula is C21H30N4O. The van der Waals surface area contributed by atoms with Gasteiger partial charge in [0.2, 0.25) is 5.91 Å². The van der Waals surface area contributed by atoms with Crippen molar-refractivity contribution in [1.82, 2.24) is 15.6 Å². The summed E-state index contributed by atoms with van der Waals surface area (Å²) in [6.45, 7) is 0.984. The summed E-state index contributed by atoms with van der Waals surface area (Å²) in [7, 11) is 0. The molecule has 5 nitrogen and oxygen atoms in total. The normalized spacial score (nSPS) is 39.0. The van der Waals surface area contributed by atoms with E-state index in [0.29, 0.717) is 23.8 Å². The summed E-state index contributed by atoms with van der Waals surface area (Å²) in [6.07, 6.45) is 17.3. The molecule has 5 atom stereocenters. The van der Waals surface area contributed by atoms with Crippen LogP contribution in [-0.2, 0) is 4.79 Å². The number of carbonyl (C=O) groups is 1. The van der Waals surface area contributed by atoms with Crippen LogP contribution in [0.5, 0.6) is 0 Å². The SMILES string of the molecule is NN1C=CC2C(C3CCC4=CC(NC(=O)C5CC5)NCC4C3)=CCCC21. The van der Waals surface area contributed by atoms with E-state index in [2.05, 4.69) is 35.1 Å². The van der Waals surface area contributed by atoms with Gasteiger partial charge in [-0.2, -0.15) is 0 Å². The average molecular weight is 354 g/mol. The quantitative estimate of drug-likeness (QED) is 0.537. The summed E-state index contributed by atoms with van der Waals surface area (Å²) in [6, 6.07) is 0.471. The number of hydrazine groups is 1. The molecule has 0 spiro atoms. The molecule has 2 heterocycles. The van der Waals surface area contributed by atoms with Crippen LogP contribution in [0.25, 0.3) is 0 Å². The third kappa shape index (κ3) is 3.01. The number of allylic oxidation sites excluding steroid dienone is 1. The van der Waals surface area contributed by atoms with Gasteiger partial charge in [0.25, 0.3) is 0 Å². The fourth-order valence-corrected chi connectivity index (χ4v) is 5.42. The van der Waals surface area contributed by atoms with Gasteiger partial charge in [-0.25, -0.2) is 5.84 Å². The van der Waals surface area contributed by atoms with E-state index < -0.39 is 0 Å². The fraction of sp³-hybridized carbons (Fsp3) is 0.667. The minimum absolute atomic E-state index is 0.0349. The molecule has 0 bridgehead atoms. The van der Waals surface area contributed by atoms with Crippen LogP contribution in [0.2, 0.25) is 0 Å². The highest BCUT2D eigenvalue weighted by molar-refractivity contribution is 5.81. The molecule has 0 aromatic carbocycles. The lowest BCUT2D eigenvalue weighted by molar-refractivity contribution is -0.122. The Kier molecular flexibility index (Phi) is 4.17. The van der Waals surface area contributed by atoms with Crippen molar-refractivity contribution in [1.29, 1.82) is 0 Å². The van der Waals surface area contributed by atoms with E-state index in [1.54, 1.807) is 11.1 Å². The molecule has 4 N–H and O–H groups in total. The van der Waals surface area contributed by atoms with E-state index in [0.717, 1.165) is 32.2 Å². The molecule has 0 saturated heterocycles. The fourth-order valence-electron chi connectivity index (χ4n) is 5.42. The zero-order valence-electron chi connectivity index (χ0n) is 15.4. The number of hydrogen-bond acceptors (Lipinski definition) is 4. The smallest absolute Gasteiger partial charge is 0.224 e. The minimum atomic E-state index is 0.0349. The zero-order valence-corrected chi connectivity index (χ0v) is 15.4. The third-order valence-corrected chi connectivity index (χ3v) is 7.05. The third-order valence-electron chi connectivity index (χ3n) is 7.05. The molecule has 2 aliphatic heterocycles. The molecule has 0 radical (unpaired) electrons. The Balaban J connectivity index is 1.24. The van der Waals surface area contributed by atoms with Gasteiger partial charge in [-0.05, 0) is 62.9 Å². The molecule has 140 valence electrons. The van der Waals surface area contributed by atoms with Crippen molar-refractivity contribution >= 4 is 5.91 Å². The first-order valence-electron chi connectivity index (χ1n) is 10.3. The first kappa shape index (κ1) is 16.6. The molecule has 2 fully saturated rings. The topological polar surface area (TPSA) is 70.4 Å². The Morgan fingerprint density at radius 1 is 1.23 bits per heavy atom. The first-order chi connectivity index (χ1) is 12.7. The summed E-state index contributed by atoms with van der Waals surface area (Å²) >= 11 is 0. The van der Waals surface area contributed by atoms with E-state index in [-0.39, 0.29) is 18.0 Å². The maximum atomic E-state index is 12.0. The van der Waals surface area contributed by atoms with E-state index >= 15 is 0 Å². The molecule has 0 aromatic heterocycles. The lowest BCUT2D eigenvalue weighted by atomic mass is 9.68. The Bertz CT molecular complexity index is 677. The van der Waals surface area contributed by atoms with Crippen LogP contribution in [0.3, 0.4) is 0 Å². The van der Waals surface area contributed by atoms with E-state index in [1.165, 1.54) is 19.3 Å². The zero-order chi connectivity index (χ0) is 17.7. The Morgan fingerprint density at radius 3 is 2.96 bits per heavy atom. The van der Waals surface area contributed by atoms with E-state index in [4.69, 9.17) is 5.84 Å².